The van der Waals surface area contributed by atoms with E-state index in [9.17, 15) is 9.59 Å². The Morgan fingerprint density at radius 3 is 2.72 bits per heavy atom. The van der Waals surface area contributed by atoms with Crippen molar-refractivity contribution >= 4 is 23.6 Å². The molecule has 0 saturated heterocycles. The molecule has 4 N–H and O–H groups in total. The van der Waals surface area contributed by atoms with Gasteiger partial charge in [0, 0.05) is 10.6 Å². The fourth-order valence-electron chi connectivity index (χ4n) is 2.89. The molecule has 0 bridgehead atoms. The molecule has 136 valence electrons. The van der Waals surface area contributed by atoms with Crippen LogP contribution in [0.1, 0.15) is 38.8 Å². The highest BCUT2D eigenvalue weighted by atomic mass is 35.5. The van der Waals surface area contributed by atoms with Crippen LogP contribution in [0.25, 0.3) is 0 Å². The molecule has 6 nitrogen and oxygen atoms in total. The second-order valence-corrected chi connectivity index (χ2v) is 6.33. The van der Waals surface area contributed by atoms with E-state index in [1.807, 2.05) is 43.4 Å². The zero-order valence-corrected chi connectivity index (χ0v) is 15.5. The molecule has 0 unspecified atom stereocenters. The van der Waals surface area contributed by atoms with Gasteiger partial charge in [-0.05, 0) is 26.3 Å². The van der Waals surface area contributed by atoms with Crippen LogP contribution in [0, 0.1) is 0 Å². The maximum atomic E-state index is 12.3. The van der Waals surface area contributed by atoms with Gasteiger partial charge >= 0.3 is 12.0 Å². The van der Waals surface area contributed by atoms with Gasteiger partial charge < -0.3 is 20.7 Å². The third kappa shape index (κ3) is 4.74. The molecule has 7 heteroatoms. The molecule has 0 aliphatic carbocycles. The Bertz CT molecular complexity index is 675. The molecule has 0 saturated carbocycles. The van der Waals surface area contributed by atoms with Crippen molar-refractivity contribution in [1.29, 1.82) is 0 Å². The molecule has 25 heavy (non-hydrogen) atoms. The SMILES string of the molecule is CCOC(=O)C1=C(C[NH2+][C@@H](C)c2ccccc2Cl)NC(=O)N[C@H]1CC. The molecule has 1 aromatic rings. The Labute approximate surface area is 153 Å². The highest BCUT2D eigenvalue weighted by Crippen LogP contribution is 2.20. The van der Waals surface area contributed by atoms with Crippen LogP contribution >= 0.6 is 11.6 Å². The molecule has 1 aliphatic heterocycles. The van der Waals surface area contributed by atoms with E-state index in [1.165, 1.54) is 0 Å². The number of nitrogens with two attached hydrogens (primary N) is 1. The maximum Gasteiger partial charge on any atom is 0.338 e. The topological polar surface area (TPSA) is 84.0 Å². The first-order valence-electron chi connectivity index (χ1n) is 8.53. The molecule has 0 fully saturated rings. The van der Waals surface area contributed by atoms with Crippen molar-refractivity contribution in [2.75, 3.05) is 13.2 Å². The molecule has 1 aliphatic rings. The van der Waals surface area contributed by atoms with Gasteiger partial charge in [-0.1, -0.05) is 36.7 Å². The van der Waals surface area contributed by atoms with Gasteiger partial charge in [0.2, 0.25) is 0 Å². The minimum Gasteiger partial charge on any atom is -0.463 e. The lowest BCUT2D eigenvalue weighted by atomic mass is 10.00. The second kappa shape index (κ2) is 8.87. The number of hydrogen-bond acceptors (Lipinski definition) is 3. The number of esters is 1. The van der Waals surface area contributed by atoms with Crippen molar-refractivity contribution in [2.45, 2.75) is 39.3 Å². The third-order valence-corrected chi connectivity index (χ3v) is 4.56. The van der Waals surface area contributed by atoms with Crippen LogP contribution in [-0.4, -0.2) is 31.2 Å². The number of ether oxygens (including phenoxy) is 1. The summed E-state index contributed by atoms with van der Waals surface area (Å²) in [6.45, 7) is 6.46. The number of quaternary nitrogens is 1. The van der Waals surface area contributed by atoms with Crippen LogP contribution in [0.3, 0.4) is 0 Å². The molecular weight excluding hydrogens is 342 g/mol. The first-order chi connectivity index (χ1) is 12.0. The van der Waals surface area contributed by atoms with Crippen molar-refractivity contribution in [2.24, 2.45) is 0 Å². The van der Waals surface area contributed by atoms with Crippen molar-refractivity contribution < 1.29 is 19.6 Å². The average Bonchev–Trinajstić information content (AvgIpc) is 2.59. The second-order valence-electron chi connectivity index (χ2n) is 5.92. The van der Waals surface area contributed by atoms with Crippen molar-refractivity contribution in [3.63, 3.8) is 0 Å². The molecule has 2 rings (SSSR count). The highest BCUT2D eigenvalue weighted by molar-refractivity contribution is 6.31. The number of urea groups is 1. The minimum absolute atomic E-state index is 0.0801. The van der Waals surface area contributed by atoms with E-state index in [4.69, 9.17) is 16.3 Å². The van der Waals surface area contributed by atoms with Gasteiger partial charge in [-0.25, -0.2) is 9.59 Å². The Kier molecular flexibility index (Phi) is 6.84. The van der Waals surface area contributed by atoms with Gasteiger partial charge in [-0.3, -0.25) is 0 Å². The summed E-state index contributed by atoms with van der Waals surface area (Å²) in [5.74, 6) is -0.393. The Morgan fingerprint density at radius 2 is 2.08 bits per heavy atom. The standard InChI is InChI=1S/C18H24ClN3O3/c1-4-14-16(17(23)25-5-2)15(22-18(24)21-14)10-20-11(3)12-8-6-7-9-13(12)19/h6-9,11,14,20H,4-5,10H2,1-3H3,(H2,21,22,24)/p+1/t11-,14-/m0/s1. The average molecular weight is 367 g/mol. The molecule has 0 spiro atoms. The highest BCUT2D eigenvalue weighted by Gasteiger charge is 2.32. The zero-order chi connectivity index (χ0) is 18.4. The van der Waals surface area contributed by atoms with Crippen LogP contribution in [0.4, 0.5) is 4.79 Å². The van der Waals surface area contributed by atoms with E-state index < -0.39 is 5.97 Å². The van der Waals surface area contributed by atoms with E-state index >= 15 is 0 Å². The summed E-state index contributed by atoms with van der Waals surface area (Å²) < 4.78 is 5.17. The molecule has 1 heterocycles. The van der Waals surface area contributed by atoms with E-state index in [-0.39, 0.29) is 18.1 Å². The minimum atomic E-state index is -0.393. The third-order valence-electron chi connectivity index (χ3n) is 4.22. The van der Waals surface area contributed by atoms with Gasteiger partial charge in [-0.2, -0.15) is 0 Å². The smallest absolute Gasteiger partial charge is 0.338 e. The number of rotatable bonds is 7. The summed E-state index contributed by atoms with van der Waals surface area (Å²) in [6.07, 6.45) is 0.616. The molecule has 2 amide bonds. The number of carbonyl (C=O) groups excluding carboxylic acids is 2. The van der Waals surface area contributed by atoms with E-state index in [2.05, 4.69) is 10.6 Å². The van der Waals surface area contributed by atoms with Crippen LogP contribution in [0.2, 0.25) is 5.02 Å². The number of halogens is 1. The number of amides is 2. The molecule has 1 aromatic carbocycles. The number of hydrogen-bond donors (Lipinski definition) is 3. The van der Waals surface area contributed by atoms with E-state index in [0.717, 1.165) is 5.56 Å². The van der Waals surface area contributed by atoms with E-state index in [1.54, 1.807) is 6.92 Å². The van der Waals surface area contributed by atoms with Gasteiger partial charge in [0.15, 0.2) is 0 Å². The Hall–Kier alpha value is -2.05. The maximum absolute atomic E-state index is 12.3. The van der Waals surface area contributed by atoms with Crippen LogP contribution in [0.15, 0.2) is 35.5 Å². The first kappa shape index (κ1) is 19.3. The quantitative estimate of drug-likeness (QED) is 0.644. The normalized spacial score (nSPS) is 18.4. The fourth-order valence-corrected chi connectivity index (χ4v) is 3.20. The summed E-state index contributed by atoms with van der Waals surface area (Å²) in [5.41, 5.74) is 2.09. The summed E-state index contributed by atoms with van der Waals surface area (Å²) in [4.78, 5) is 24.2. The van der Waals surface area contributed by atoms with Crippen LogP contribution < -0.4 is 16.0 Å². The zero-order valence-electron chi connectivity index (χ0n) is 14.8. The lowest BCUT2D eigenvalue weighted by Crippen LogP contribution is -2.86. The Morgan fingerprint density at radius 1 is 1.36 bits per heavy atom. The predicted molar refractivity (Wildman–Crippen MR) is 96.1 cm³/mol. The van der Waals surface area contributed by atoms with Gasteiger partial charge in [-0.15, -0.1) is 0 Å². The molecule has 0 radical (unpaired) electrons. The number of nitrogens with one attached hydrogen (secondary N) is 2. The number of carbonyl (C=O) groups is 2. The van der Waals surface area contributed by atoms with Gasteiger partial charge in [0.1, 0.15) is 12.6 Å². The lowest BCUT2D eigenvalue weighted by molar-refractivity contribution is -0.686. The predicted octanol–water partition coefficient (Wildman–Crippen LogP) is 1.87. The van der Waals surface area contributed by atoms with Crippen molar-refractivity contribution in [1.82, 2.24) is 10.6 Å². The molecule has 2 atom stereocenters. The van der Waals surface area contributed by atoms with E-state index in [0.29, 0.717) is 35.9 Å². The van der Waals surface area contributed by atoms with Gasteiger partial charge in [0.25, 0.3) is 0 Å². The monoisotopic (exact) mass is 366 g/mol. The fraction of sp³-hybridized carbons (Fsp3) is 0.444. The number of benzene rings is 1. The summed E-state index contributed by atoms with van der Waals surface area (Å²) in [7, 11) is 0. The van der Waals surface area contributed by atoms with Crippen LogP contribution in [0.5, 0.6) is 0 Å². The Balaban J connectivity index is 2.21. The van der Waals surface area contributed by atoms with Gasteiger partial charge in [0.05, 0.1) is 23.9 Å². The van der Waals surface area contributed by atoms with Crippen LogP contribution in [-0.2, 0) is 9.53 Å². The first-order valence-corrected chi connectivity index (χ1v) is 8.91. The summed E-state index contributed by atoms with van der Waals surface area (Å²) >= 11 is 6.24. The lowest BCUT2D eigenvalue weighted by Gasteiger charge is -2.28. The molecule has 0 aromatic heterocycles. The largest absolute Gasteiger partial charge is 0.463 e. The van der Waals surface area contributed by atoms with Crippen molar-refractivity contribution in [3.8, 4) is 0 Å². The molecular formula is C18H25ClN3O3+. The summed E-state index contributed by atoms with van der Waals surface area (Å²) in [6, 6.07) is 7.09. The summed E-state index contributed by atoms with van der Waals surface area (Å²) in [5, 5.41) is 8.26. The van der Waals surface area contributed by atoms with Crippen molar-refractivity contribution in [3.05, 3.63) is 46.1 Å².